The predicted octanol–water partition coefficient (Wildman–Crippen LogP) is -0.893. The second-order valence-electron chi connectivity index (χ2n) is 1.75. The van der Waals surface area contributed by atoms with Gasteiger partial charge in [0.1, 0.15) is 0 Å². The van der Waals surface area contributed by atoms with Gasteiger partial charge < -0.3 is 14.9 Å². The molecule has 0 heterocycles. The van der Waals surface area contributed by atoms with Crippen LogP contribution in [0, 0.1) is 0 Å². The third-order valence-corrected chi connectivity index (χ3v) is 1.33. The van der Waals surface area contributed by atoms with Crippen LogP contribution in [0.5, 0.6) is 0 Å². The fourth-order valence-corrected chi connectivity index (χ4v) is 0.764. The van der Waals surface area contributed by atoms with Crippen LogP contribution in [0.4, 0.5) is 0 Å². The summed E-state index contributed by atoms with van der Waals surface area (Å²) in [4.78, 5) is 16.3. The summed E-state index contributed by atoms with van der Waals surface area (Å²) in [6, 6.07) is 0. The topological polar surface area (TPSA) is 87.0 Å². The van der Waals surface area contributed by atoms with Gasteiger partial charge >= 0.3 is 7.82 Å². The van der Waals surface area contributed by atoms with E-state index in [0.717, 1.165) is 0 Å². The van der Waals surface area contributed by atoms with Gasteiger partial charge in [0.2, 0.25) is 0 Å². The van der Waals surface area contributed by atoms with Crippen LogP contribution in [0.25, 0.3) is 0 Å². The maximum Gasteiger partial charge on any atom is 0.469 e. The number of unbranched alkanes of at least 4 members (excludes halogenated alkanes) is 1. The molecule has 0 aliphatic rings. The molecule has 0 aromatic carbocycles. The van der Waals surface area contributed by atoms with Gasteiger partial charge in [-0.25, -0.2) is 4.57 Å². The Kier molecular flexibility index (Phi) is 21.4. The molecule has 5 nitrogen and oxygen atoms in total. The molecule has 12 heavy (non-hydrogen) atoms. The minimum atomic E-state index is -4.29. The van der Waals surface area contributed by atoms with Crippen LogP contribution in [-0.4, -0.2) is 131 Å². The molecule has 3 N–H and O–H groups in total. The van der Waals surface area contributed by atoms with Crippen LogP contribution in [0.1, 0.15) is 12.8 Å². The van der Waals surface area contributed by atoms with E-state index in [1.54, 1.807) is 0 Å². The molecule has 0 rings (SSSR count). The third kappa shape index (κ3) is 19.0. The standard InChI is InChI=1S/C4H11O5P.2K/c5-3-1-2-4-9-10(6,7)8;;/h5H,1-4H2,(H2,6,7,8);;. The van der Waals surface area contributed by atoms with E-state index in [1.165, 1.54) is 0 Å². The van der Waals surface area contributed by atoms with Crippen molar-refractivity contribution >= 4 is 111 Å². The molecule has 64 valence electrons. The summed E-state index contributed by atoms with van der Waals surface area (Å²) in [5.41, 5.74) is 0. The molecule has 0 bridgehead atoms. The smallest absolute Gasteiger partial charge is 0.396 e. The summed E-state index contributed by atoms with van der Waals surface area (Å²) in [6.45, 7) is 0.00928. The number of hydrogen-bond donors (Lipinski definition) is 3. The molecule has 0 aromatic heterocycles. The van der Waals surface area contributed by atoms with E-state index >= 15 is 0 Å². The third-order valence-electron chi connectivity index (χ3n) is 0.812. The van der Waals surface area contributed by atoms with Crippen LogP contribution in [0.2, 0.25) is 0 Å². The van der Waals surface area contributed by atoms with Crippen LogP contribution in [0.15, 0.2) is 0 Å². The molecular formula is C4H11K2O5P. The molecule has 8 heteroatoms. The van der Waals surface area contributed by atoms with Crippen molar-refractivity contribution < 1.29 is 24.0 Å². The summed E-state index contributed by atoms with van der Waals surface area (Å²) in [7, 11) is -4.29. The SMILES string of the molecule is O=P(O)(O)OCCCCO.[K].[K]. The Balaban J connectivity index is -0.000000405. The molecule has 2 radical (unpaired) electrons. The second kappa shape index (κ2) is 12.4. The zero-order chi connectivity index (χ0) is 8.04. The fraction of sp³-hybridized carbons (Fsp3) is 1.00. The van der Waals surface area contributed by atoms with E-state index < -0.39 is 7.82 Å². The van der Waals surface area contributed by atoms with E-state index in [2.05, 4.69) is 4.52 Å². The Labute approximate surface area is 157 Å². The molecule has 0 unspecified atom stereocenters. The van der Waals surface area contributed by atoms with E-state index in [1.807, 2.05) is 0 Å². The van der Waals surface area contributed by atoms with E-state index in [9.17, 15) is 4.57 Å². The van der Waals surface area contributed by atoms with Gasteiger partial charge in [-0.1, -0.05) is 0 Å². The summed E-state index contributed by atoms with van der Waals surface area (Å²) < 4.78 is 14.1. The van der Waals surface area contributed by atoms with Crippen LogP contribution in [0.3, 0.4) is 0 Å². The van der Waals surface area contributed by atoms with Gasteiger partial charge in [0.05, 0.1) is 6.61 Å². The fourth-order valence-electron chi connectivity index (χ4n) is 0.397. The summed E-state index contributed by atoms with van der Waals surface area (Å²) in [6.07, 6.45) is 0.960. The zero-order valence-electron chi connectivity index (χ0n) is 7.43. The monoisotopic (exact) mass is 248 g/mol. The number of aliphatic hydroxyl groups is 1. The molecule has 0 saturated heterocycles. The normalized spacial score (nSPS) is 9.92. The van der Waals surface area contributed by atoms with Crippen molar-refractivity contribution in [2.45, 2.75) is 12.8 Å². The number of phosphoric acid groups is 1. The molecule has 0 aliphatic heterocycles. The Morgan fingerprint density at radius 1 is 1.17 bits per heavy atom. The molecular weight excluding hydrogens is 237 g/mol. The van der Waals surface area contributed by atoms with Crippen LogP contribution < -0.4 is 0 Å². The van der Waals surface area contributed by atoms with Crippen molar-refractivity contribution in [3.05, 3.63) is 0 Å². The average molecular weight is 248 g/mol. The predicted molar refractivity (Wildman–Crippen MR) is 45.8 cm³/mol. The minimum Gasteiger partial charge on any atom is -0.396 e. The Morgan fingerprint density at radius 3 is 2.00 bits per heavy atom. The number of hydrogen-bond acceptors (Lipinski definition) is 3. The Bertz CT molecular complexity index is 127. The molecule has 0 fully saturated rings. The van der Waals surface area contributed by atoms with Gasteiger partial charge in [-0.3, -0.25) is 4.52 Å². The van der Waals surface area contributed by atoms with Crippen molar-refractivity contribution in [2.24, 2.45) is 0 Å². The van der Waals surface area contributed by atoms with Gasteiger partial charge in [0.15, 0.2) is 0 Å². The second-order valence-corrected chi connectivity index (χ2v) is 2.99. The molecule has 0 atom stereocenters. The first-order valence-electron chi connectivity index (χ1n) is 2.87. The zero-order valence-corrected chi connectivity index (χ0v) is 14.6. The van der Waals surface area contributed by atoms with Crippen molar-refractivity contribution in [1.82, 2.24) is 0 Å². The quantitative estimate of drug-likeness (QED) is 0.334. The molecule has 0 aliphatic carbocycles. The van der Waals surface area contributed by atoms with Crippen LogP contribution >= 0.6 is 7.82 Å². The average Bonchev–Trinajstić information content (AvgIpc) is 1.78. The van der Waals surface area contributed by atoms with Gasteiger partial charge in [-0.15, -0.1) is 0 Å². The van der Waals surface area contributed by atoms with Crippen molar-refractivity contribution in [2.75, 3.05) is 13.2 Å². The number of rotatable bonds is 5. The summed E-state index contributed by atoms with van der Waals surface area (Å²) in [5.74, 6) is 0. The number of phosphoric ester groups is 1. The molecule has 0 saturated carbocycles. The first kappa shape index (κ1) is 20.7. The van der Waals surface area contributed by atoms with Crippen molar-refractivity contribution in [1.29, 1.82) is 0 Å². The largest absolute Gasteiger partial charge is 0.469 e. The first-order valence-corrected chi connectivity index (χ1v) is 4.40. The van der Waals surface area contributed by atoms with Gasteiger partial charge in [-0.05, 0) is 12.8 Å². The Hall–Kier alpha value is 3.34. The van der Waals surface area contributed by atoms with Crippen molar-refractivity contribution in [3.63, 3.8) is 0 Å². The van der Waals surface area contributed by atoms with E-state index in [4.69, 9.17) is 14.9 Å². The van der Waals surface area contributed by atoms with Crippen LogP contribution in [-0.2, 0) is 9.09 Å². The van der Waals surface area contributed by atoms with E-state index in [0.29, 0.717) is 12.8 Å². The Morgan fingerprint density at radius 2 is 1.67 bits per heavy atom. The van der Waals surface area contributed by atoms with Crippen molar-refractivity contribution in [3.8, 4) is 0 Å². The van der Waals surface area contributed by atoms with E-state index in [-0.39, 0.29) is 116 Å². The minimum absolute atomic E-state index is 0. The molecule has 0 amide bonds. The molecule has 0 aromatic rings. The summed E-state index contributed by atoms with van der Waals surface area (Å²) >= 11 is 0. The summed E-state index contributed by atoms with van der Waals surface area (Å²) in [5, 5.41) is 8.25. The van der Waals surface area contributed by atoms with Gasteiger partial charge in [0, 0.05) is 109 Å². The van der Waals surface area contributed by atoms with Gasteiger partial charge in [0.25, 0.3) is 0 Å². The van der Waals surface area contributed by atoms with Gasteiger partial charge in [-0.2, -0.15) is 0 Å². The maximum atomic E-state index is 10.0. The molecule has 0 spiro atoms. The maximum absolute atomic E-state index is 10.0. The number of aliphatic hydroxyl groups excluding tert-OH is 1. The first-order chi connectivity index (χ1) is 4.56.